The fraction of sp³-hybridized carbons (Fsp3) is 0.316. The molecule has 0 fully saturated rings. The predicted octanol–water partition coefficient (Wildman–Crippen LogP) is 3.16. The maximum Gasteiger partial charge on any atom is 0.309 e. The van der Waals surface area contributed by atoms with E-state index in [4.69, 9.17) is 5.11 Å². The van der Waals surface area contributed by atoms with E-state index in [1.165, 1.54) is 10.4 Å². The third-order valence-corrected chi connectivity index (χ3v) is 5.92. The Kier molecular flexibility index (Phi) is 4.03. The summed E-state index contributed by atoms with van der Waals surface area (Å²) >= 11 is 1.60. The molecule has 134 valence electrons. The molecular weight excluding hydrogens is 350 g/mol. The quantitative estimate of drug-likeness (QED) is 0.766. The second kappa shape index (κ2) is 6.25. The second-order valence-electron chi connectivity index (χ2n) is 6.45. The summed E-state index contributed by atoms with van der Waals surface area (Å²) in [6.07, 6.45) is 3.48. The first-order valence-electron chi connectivity index (χ1n) is 8.60. The summed E-state index contributed by atoms with van der Waals surface area (Å²) in [6, 6.07) is 6.20. The first-order valence-corrected chi connectivity index (χ1v) is 9.42. The fourth-order valence-corrected chi connectivity index (χ4v) is 4.67. The standard InChI is InChI=1S/C19H19N3O3S/c1-3-16-18(22-10-14(9-17(24)25)20-19(22)26-16)13-4-5-15-12(8-13)6-7-21(15)11(2)23/h4-5,8,10H,3,6-7,9H2,1-2H3,(H,24,25). The number of imidazole rings is 1. The molecular formula is C19H19N3O3S. The zero-order valence-electron chi connectivity index (χ0n) is 14.7. The van der Waals surface area contributed by atoms with Gasteiger partial charge in [-0.15, -0.1) is 11.3 Å². The molecule has 3 heterocycles. The first-order chi connectivity index (χ1) is 12.5. The third kappa shape index (κ3) is 2.68. The van der Waals surface area contributed by atoms with E-state index in [0.717, 1.165) is 41.3 Å². The summed E-state index contributed by atoms with van der Waals surface area (Å²) in [6.45, 7) is 4.43. The number of hydrogen-bond donors (Lipinski definition) is 1. The highest BCUT2D eigenvalue weighted by molar-refractivity contribution is 7.17. The predicted molar refractivity (Wildman–Crippen MR) is 101 cm³/mol. The van der Waals surface area contributed by atoms with Crippen LogP contribution in [-0.4, -0.2) is 32.9 Å². The molecule has 0 bridgehead atoms. The Morgan fingerprint density at radius 3 is 2.85 bits per heavy atom. The van der Waals surface area contributed by atoms with Crippen molar-refractivity contribution in [3.8, 4) is 11.3 Å². The van der Waals surface area contributed by atoms with Crippen molar-refractivity contribution in [2.45, 2.75) is 33.1 Å². The molecule has 1 amide bonds. The van der Waals surface area contributed by atoms with Crippen molar-refractivity contribution in [1.82, 2.24) is 9.38 Å². The number of carbonyl (C=O) groups excluding carboxylic acids is 1. The molecule has 1 aromatic carbocycles. The van der Waals surface area contributed by atoms with Crippen LogP contribution in [0, 0.1) is 0 Å². The average Bonchev–Trinajstić information content (AvgIpc) is 3.24. The van der Waals surface area contributed by atoms with Gasteiger partial charge in [0.2, 0.25) is 5.91 Å². The lowest BCUT2D eigenvalue weighted by molar-refractivity contribution is -0.136. The molecule has 1 aliphatic rings. The number of carboxylic acid groups (broad SMARTS) is 1. The summed E-state index contributed by atoms with van der Waals surface area (Å²) in [5.41, 5.74) is 4.88. The number of aliphatic carboxylic acids is 1. The molecule has 0 saturated heterocycles. The molecule has 26 heavy (non-hydrogen) atoms. The highest BCUT2D eigenvalue weighted by Crippen LogP contribution is 2.37. The van der Waals surface area contributed by atoms with Gasteiger partial charge in [0.25, 0.3) is 0 Å². The van der Waals surface area contributed by atoms with Crippen molar-refractivity contribution in [1.29, 1.82) is 0 Å². The van der Waals surface area contributed by atoms with E-state index in [1.54, 1.807) is 18.3 Å². The van der Waals surface area contributed by atoms with Crippen molar-refractivity contribution in [3.05, 3.63) is 40.5 Å². The fourth-order valence-electron chi connectivity index (χ4n) is 3.59. The molecule has 4 rings (SSSR count). The van der Waals surface area contributed by atoms with Crippen LogP contribution in [0.1, 0.15) is 30.0 Å². The number of aryl methyl sites for hydroxylation is 1. The number of aromatic nitrogens is 2. The maximum atomic E-state index is 11.8. The van der Waals surface area contributed by atoms with Crippen LogP contribution in [0.4, 0.5) is 5.69 Å². The molecule has 2 aromatic heterocycles. The molecule has 1 N–H and O–H groups in total. The summed E-state index contributed by atoms with van der Waals surface area (Å²) in [4.78, 5) is 31.0. The van der Waals surface area contributed by atoms with E-state index in [-0.39, 0.29) is 12.3 Å². The van der Waals surface area contributed by atoms with Gasteiger partial charge in [0.05, 0.1) is 17.8 Å². The molecule has 1 aliphatic heterocycles. The summed E-state index contributed by atoms with van der Waals surface area (Å²) in [7, 11) is 0. The highest BCUT2D eigenvalue weighted by Gasteiger charge is 2.24. The van der Waals surface area contributed by atoms with Gasteiger partial charge < -0.3 is 10.0 Å². The highest BCUT2D eigenvalue weighted by atomic mass is 32.1. The first kappa shape index (κ1) is 16.8. The van der Waals surface area contributed by atoms with E-state index in [0.29, 0.717) is 5.69 Å². The normalized spacial score (nSPS) is 13.4. The number of nitrogens with zero attached hydrogens (tertiary/aromatic N) is 3. The molecule has 7 heteroatoms. The Morgan fingerprint density at radius 1 is 1.35 bits per heavy atom. The molecule has 3 aromatic rings. The van der Waals surface area contributed by atoms with Gasteiger partial charge in [-0.3, -0.25) is 14.0 Å². The Balaban J connectivity index is 1.82. The monoisotopic (exact) mass is 369 g/mol. The molecule has 0 aliphatic carbocycles. The summed E-state index contributed by atoms with van der Waals surface area (Å²) < 4.78 is 2.00. The molecule has 0 spiro atoms. The average molecular weight is 369 g/mol. The number of anilines is 1. The van der Waals surface area contributed by atoms with Gasteiger partial charge in [-0.25, -0.2) is 4.98 Å². The van der Waals surface area contributed by atoms with Crippen molar-refractivity contribution in [2.75, 3.05) is 11.4 Å². The van der Waals surface area contributed by atoms with E-state index in [9.17, 15) is 9.59 Å². The third-order valence-electron chi connectivity index (χ3n) is 4.73. The SMILES string of the molecule is CCc1sc2nc(CC(=O)O)cn2c1-c1ccc2c(c1)CCN2C(C)=O. The molecule has 6 nitrogen and oxygen atoms in total. The van der Waals surface area contributed by atoms with Gasteiger partial charge in [0.1, 0.15) is 0 Å². The van der Waals surface area contributed by atoms with Crippen LogP contribution < -0.4 is 4.90 Å². The van der Waals surface area contributed by atoms with Crippen LogP contribution in [0.3, 0.4) is 0 Å². The van der Waals surface area contributed by atoms with Gasteiger partial charge in [-0.1, -0.05) is 13.0 Å². The van der Waals surface area contributed by atoms with Crippen LogP contribution in [0.2, 0.25) is 0 Å². The van der Waals surface area contributed by atoms with Gasteiger partial charge in [-0.2, -0.15) is 0 Å². The Hall–Kier alpha value is -2.67. The zero-order chi connectivity index (χ0) is 18.4. The van der Waals surface area contributed by atoms with Crippen LogP contribution in [0.15, 0.2) is 24.4 Å². The lowest BCUT2D eigenvalue weighted by atomic mass is 10.0. The van der Waals surface area contributed by atoms with Gasteiger partial charge >= 0.3 is 5.97 Å². The van der Waals surface area contributed by atoms with E-state index >= 15 is 0 Å². The zero-order valence-corrected chi connectivity index (χ0v) is 15.5. The van der Waals surface area contributed by atoms with Crippen LogP contribution in [0.25, 0.3) is 16.2 Å². The molecule has 0 unspecified atom stereocenters. The Labute approximate surface area is 154 Å². The lowest BCUT2D eigenvalue weighted by Crippen LogP contribution is -2.25. The topological polar surface area (TPSA) is 74.9 Å². The number of rotatable bonds is 4. The summed E-state index contributed by atoms with van der Waals surface area (Å²) in [5.74, 6) is -0.813. The number of hydrogen-bond acceptors (Lipinski definition) is 4. The van der Waals surface area contributed by atoms with Gasteiger partial charge in [0.15, 0.2) is 4.96 Å². The maximum absolute atomic E-state index is 11.8. The van der Waals surface area contributed by atoms with Crippen LogP contribution >= 0.6 is 11.3 Å². The van der Waals surface area contributed by atoms with Gasteiger partial charge in [0, 0.05) is 35.8 Å². The molecule has 0 atom stereocenters. The molecule has 0 saturated carbocycles. The Bertz CT molecular complexity index is 1030. The number of thiazole rings is 1. The number of amides is 1. The minimum absolute atomic E-state index is 0.0663. The van der Waals surface area contributed by atoms with E-state index in [2.05, 4.69) is 18.0 Å². The number of carboxylic acids is 1. The molecule has 0 radical (unpaired) electrons. The smallest absolute Gasteiger partial charge is 0.309 e. The van der Waals surface area contributed by atoms with Crippen molar-refractivity contribution in [2.24, 2.45) is 0 Å². The number of carbonyl (C=O) groups is 2. The van der Waals surface area contributed by atoms with E-state index < -0.39 is 5.97 Å². The largest absolute Gasteiger partial charge is 0.481 e. The van der Waals surface area contributed by atoms with Crippen LogP contribution in [-0.2, 0) is 28.9 Å². The lowest BCUT2D eigenvalue weighted by Gasteiger charge is -2.15. The van der Waals surface area contributed by atoms with Crippen LogP contribution in [0.5, 0.6) is 0 Å². The van der Waals surface area contributed by atoms with Gasteiger partial charge in [-0.05, 0) is 30.5 Å². The number of benzene rings is 1. The minimum atomic E-state index is -0.880. The second-order valence-corrected chi connectivity index (χ2v) is 7.51. The summed E-state index contributed by atoms with van der Waals surface area (Å²) in [5, 5.41) is 9.01. The Morgan fingerprint density at radius 2 is 2.15 bits per heavy atom. The minimum Gasteiger partial charge on any atom is -0.481 e. The van der Waals surface area contributed by atoms with E-state index in [1.807, 2.05) is 27.6 Å². The van der Waals surface area contributed by atoms with Crippen molar-refractivity contribution < 1.29 is 14.7 Å². The number of fused-ring (bicyclic) bond motifs is 2. The van der Waals surface area contributed by atoms with Crippen molar-refractivity contribution in [3.63, 3.8) is 0 Å². The van der Waals surface area contributed by atoms with Crippen molar-refractivity contribution >= 4 is 33.9 Å².